The van der Waals surface area contributed by atoms with Crippen molar-refractivity contribution in [3.05, 3.63) is 32.6 Å². The Morgan fingerprint density at radius 3 is 2.33 bits per heavy atom. The van der Waals surface area contributed by atoms with E-state index < -0.39 is 24.5 Å². The number of carbonyl (C=O) groups excluding carboxylic acids is 1. The lowest BCUT2D eigenvalue weighted by molar-refractivity contribution is -0.111. The van der Waals surface area contributed by atoms with Crippen molar-refractivity contribution < 1.29 is 20.1 Å². The van der Waals surface area contributed by atoms with Crippen molar-refractivity contribution in [3.8, 4) is 0 Å². The second-order valence-corrected chi connectivity index (χ2v) is 3.47. The maximum Gasteiger partial charge on any atom is 0.325 e. The normalized spacial score (nSPS) is 13.1. The van der Waals surface area contributed by atoms with Crippen LogP contribution in [0.1, 0.15) is 12.0 Å². The lowest BCUT2D eigenvalue weighted by atomic mass is 10.2. The largest absolute Gasteiger partial charge is 0.394 e. The van der Waals surface area contributed by atoms with Gasteiger partial charge < -0.3 is 25.1 Å². The summed E-state index contributed by atoms with van der Waals surface area (Å²) in [5, 5.41) is 25.5. The van der Waals surface area contributed by atoms with E-state index in [1.54, 1.807) is 6.92 Å². The SMILES string of the molecule is Cc1c[nH]c(=O)[nH]c1=O.O=CC[C@H](O)[C@H](O)CO. The highest BCUT2D eigenvalue weighted by atomic mass is 16.4. The van der Waals surface area contributed by atoms with Gasteiger partial charge in [-0.2, -0.15) is 0 Å². The van der Waals surface area contributed by atoms with Crippen molar-refractivity contribution >= 4 is 6.29 Å². The van der Waals surface area contributed by atoms with E-state index in [0.29, 0.717) is 11.8 Å². The molecule has 8 nitrogen and oxygen atoms in total. The fraction of sp³-hybridized carbons (Fsp3) is 0.500. The lowest BCUT2D eigenvalue weighted by Gasteiger charge is -2.11. The molecule has 2 atom stereocenters. The van der Waals surface area contributed by atoms with Gasteiger partial charge in [-0.25, -0.2) is 4.79 Å². The molecule has 0 saturated carbocycles. The molecule has 0 bridgehead atoms. The first-order chi connectivity index (χ1) is 8.42. The van der Waals surface area contributed by atoms with Crippen molar-refractivity contribution in [2.75, 3.05) is 6.61 Å². The highest BCUT2D eigenvalue weighted by Gasteiger charge is 2.13. The van der Waals surface area contributed by atoms with Crippen LogP contribution in [0, 0.1) is 6.92 Å². The molecule has 0 fully saturated rings. The molecule has 0 radical (unpaired) electrons. The predicted molar refractivity (Wildman–Crippen MR) is 62.2 cm³/mol. The van der Waals surface area contributed by atoms with Gasteiger partial charge in [-0.3, -0.25) is 9.78 Å². The molecule has 1 aromatic heterocycles. The number of carbonyl (C=O) groups is 1. The third-order valence-electron chi connectivity index (χ3n) is 1.97. The van der Waals surface area contributed by atoms with E-state index in [-0.39, 0.29) is 12.0 Å². The Balaban J connectivity index is 0.000000321. The number of rotatable bonds is 4. The number of aldehydes is 1. The molecular weight excluding hydrogens is 244 g/mol. The molecule has 0 saturated heterocycles. The van der Waals surface area contributed by atoms with Crippen LogP contribution in [-0.2, 0) is 4.79 Å². The summed E-state index contributed by atoms with van der Waals surface area (Å²) in [5.74, 6) is 0. The summed E-state index contributed by atoms with van der Waals surface area (Å²) in [5.41, 5.74) is -0.293. The number of aliphatic hydroxyl groups is 3. The van der Waals surface area contributed by atoms with E-state index in [0.717, 1.165) is 0 Å². The molecule has 18 heavy (non-hydrogen) atoms. The molecule has 0 amide bonds. The van der Waals surface area contributed by atoms with E-state index in [1.165, 1.54) is 6.20 Å². The van der Waals surface area contributed by atoms with Crippen LogP contribution in [0.5, 0.6) is 0 Å². The number of aliphatic hydroxyl groups excluding tert-OH is 3. The van der Waals surface area contributed by atoms with E-state index in [2.05, 4.69) is 9.97 Å². The number of H-pyrrole nitrogens is 2. The van der Waals surface area contributed by atoms with Gasteiger partial charge in [-0.05, 0) is 6.92 Å². The standard InChI is InChI=1S/C5H6N2O2.C5H10O4/c1-3-2-6-5(9)7-4(3)8;6-2-1-4(8)5(9)3-7/h2H,1H3,(H2,6,7,8,9);2,4-5,7-9H,1,3H2/t;4-,5+/m.0/s1. The van der Waals surface area contributed by atoms with Crippen LogP contribution >= 0.6 is 0 Å². The minimum Gasteiger partial charge on any atom is -0.394 e. The monoisotopic (exact) mass is 260 g/mol. The molecule has 0 aliphatic heterocycles. The first-order valence-corrected chi connectivity index (χ1v) is 5.11. The number of aromatic nitrogens is 2. The molecule has 8 heteroatoms. The van der Waals surface area contributed by atoms with Gasteiger partial charge in [0.15, 0.2) is 0 Å². The second kappa shape index (κ2) is 8.34. The topological polar surface area (TPSA) is 143 Å². The number of aromatic amines is 2. The molecule has 1 aromatic rings. The van der Waals surface area contributed by atoms with Crippen LogP contribution < -0.4 is 11.2 Å². The molecule has 0 aromatic carbocycles. The van der Waals surface area contributed by atoms with Gasteiger partial charge in [0.1, 0.15) is 12.4 Å². The zero-order valence-corrected chi connectivity index (χ0v) is 9.79. The van der Waals surface area contributed by atoms with Crippen LogP contribution in [0.4, 0.5) is 0 Å². The Morgan fingerprint density at radius 2 is 1.94 bits per heavy atom. The summed E-state index contributed by atoms with van der Waals surface area (Å²) >= 11 is 0. The molecule has 102 valence electrons. The molecule has 1 heterocycles. The van der Waals surface area contributed by atoms with Crippen LogP contribution in [0.2, 0.25) is 0 Å². The summed E-state index contributed by atoms with van der Waals surface area (Å²) in [6, 6.07) is 0. The Hall–Kier alpha value is -1.77. The third-order valence-corrected chi connectivity index (χ3v) is 1.97. The molecule has 0 aliphatic rings. The third kappa shape index (κ3) is 6.09. The van der Waals surface area contributed by atoms with Crippen molar-refractivity contribution in [1.82, 2.24) is 9.97 Å². The Labute approximate surface area is 102 Å². The number of hydrogen-bond donors (Lipinski definition) is 5. The van der Waals surface area contributed by atoms with Crippen molar-refractivity contribution in [2.45, 2.75) is 25.6 Å². The van der Waals surface area contributed by atoms with Crippen LogP contribution in [0.3, 0.4) is 0 Å². The Kier molecular flexibility index (Phi) is 7.52. The predicted octanol–water partition coefficient (Wildman–Crippen LogP) is -2.34. The number of nitrogens with one attached hydrogen (secondary N) is 2. The average Bonchev–Trinajstić information content (AvgIpc) is 2.34. The smallest absolute Gasteiger partial charge is 0.325 e. The highest BCUT2D eigenvalue weighted by molar-refractivity contribution is 5.50. The first-order valence-electron chi connectivity index (χ1n) is 5.11. The van der Waals surface area contributed by atoms with Gasteiger partial charge in [0.2, 0.25) is 0 Å². The maximum absolute atomic E-state index is 10.6. The molecule has 0 unspecified atom stereocenters. The zero-order valence-electron chi connectivity index (χ0n) is 9.79. The quantitative estimate of drug-likeness (QED) is 0.384. The average molecular weight is 260 g/mol. The van der Waals surface area contributed by atoms with Gasteiger partial charge in [-0.15, -0.1) is 0 Å². The van der Waals surface area contributed by atoms with Crippen LogP contribution in [0.15, 0.2) is 15.8 Å². The fourth-order valence-electron chi connectivity index (χ4n) is 0.854. The maximum atomic E-state index is 10.6. The fourth-order valence-corrected chi connectivity index (χ4v) is 0.854. The minimum atomic E-state index is -1.20. The second-order valence-electron chi connectivity index (χ2n) is 3.47. The molecule has 1 rings (SSSR count). The van der Waals surface area contributed by atoms with Crippen LogP contribution in [-0.4, -0.2) is 50.4 Å². The molecular formula is C10H16N2O6. The van der Waals surface area contributed by atoms with Gasteiger partial charge in [0.05, 0.1) is 12.7 Å². The zero-order chi connectivity index (χ0) is 14.1. The Morgan fingerprint density at radius 1 is 1.33 bits per heavy atom. The van der Waals surface area contributed by atoms with E-state index in [1.807, 2.05) is 0 Å². The van der Waals surface area contributed by atoms with Crippen molar-refractivity contribution in [1.29, 1.82) is 0 Å². The van der Waals surface area contributed by atoms with Gasteiger partial charge in [0, 0.05) is 18.2 Å². The Bertz CT molecular complexity index is 466. The van der Waals surface area contributed by atoms with Gasteiger partial charge in [-0.1, -0.05) is 0 Å². The van der Waals surface area contributed by atoms with E-state index in [4.69, 9.17) is 15.3 Å². The summed E-state index contributed by atoms with van der Waals surface area (Å²) in [6.07, 6.45) is -0.602. The number of aryl methyl sites for hydroxylation is 1. The van der Waals surface area contributed by atoms with E-state index in [9.17, 15) is 14.4 Å². The lowest BCUT2D eigenvalue weighted by Crippen LogP contribution is -2.29. The highest BCUT2D eigenvalue weighted by Crippen LogP contribution is 1.94. The summed E-state index contributed by atoms with van der Waals surface area (Å²) in [7, 11) is 0. The molecule has 5 N–H and O–H groups in total. The first kappa shape index (κ1) is 16.2. The molecule has 0 spiro atoms. The molecule has 0 aliphatic carbocycles. The van der Waals surface area contributed by atoms with Crippen LogP contribution in [0.25, 0.3) is 0 Å². The van der Waals surface area contributed by atoms with Crippen molar-refractivity contribution in [2.24, 2.45) is 0 Å². The number of hydrogen-bond acceptors (Lipinski definition) is 6. The summed E-state index contributed by atoms with van der Waals surface area (Å²) in [6.45, 7) is 1.10. The van der Waals surface area contributed by atoms with Crippen molar-refractivity contribution in [3.63, 3.8) is 0 Å². The summed E-state index contributed by atoms with van der Waals surface area (Å²) in [4.78, 5) is 35.0. The van der Waals surface area contributed by atoms with Gasteiger partial charge >= 0.3 is 5.69 Å². The van der Waals surface area contributed by atoms with E-state index >= 15 is 0 Å². The summed E-state index contributed by atoms with van der Waals surface area (Å²) < 4.78 is 0. The minimum absolute atomic E-state index is 0.137. The van der Waals surface area contributed by atoms with Gasteiger partial charge in [0.25, 0.3) is 5.56 Å².